The minimum absolute atomic E-state index is 0.138. The van der Waals surface area contributed by atoms with Gasteiger partial charge in [0.1, 0.15) is 5.82 Å². The van der Waals surface area contributed by atoms with Gasteiger partial charge in [-0.15, -0.1) is 0 Å². The van der Waals surface area contributed by atoms with Crippen molar-refractivity contribution in [3.63, 3.8) is 0 Å². The van der Waals surface area contributed by atoms with Gasteiger partial charge in [-0.25, -0.2) is 4.39 Å². The molecule has 2 nitrogen and oxygen atoms in total. The number of benzene rings is 1. The van der Waals surface area contributed by atoms with Crippen molar-refractivity contribution < 1.29 is 9.13 Å². The lowest BCUT2D eigenvalue weighted by Crippen LogP contribution is -2.29. The molecule has 17 heavy (non-hydrogen) atoms. The van der Waals surface area contributed by atoms with Gasteiger partial charge < -0.3 is 10.1 Å². The van der Waals surface area contributed by atoms with Crippen LogP contribution in [0.3, 0.4) is 0 Å². The van der Waals surface area contributed by atoms with Crippen molar-refractivity contribution in [1.29, 1.82) is 0 Å². The van der Waals surface area contributed by atoms with Crippen LogP contribution in [-0.4, -0.2) is 19.3 Å². The molecule has 2 rings (SSSR count). The van der Waals surface area contributed by atoms with Crippen LogP contribution in [-0.2, 0) is 4.74 Å². The Morgan fingerprint density at radius 2 is 1.94 bits per heavy atom. The van der Waals surface area contributed by atoms with E-state index in [1.54, 1.807) is 13.2 Å². The molecule has 0 atom stereocenters. The molecule has 0 radical (unpaired) electrons. The summed E-state index contributed by atoms with van der Waals surface area (Å²) in [6.07, 6.45) is 4.76. The summed E-state index contributed by atoms with van der Waals surface area (Å²) in [7, 11) is 1.77. The third kappa shape index (κ3) is 2.97. The summed E-state index contributed by atoms with van der Waals surface area (Å²) in [6.45, 7) is 1.82. The Morgan fingerprint density at radius 3 is 2.59 bits per heavy atom. The van der Waals surface area contributed by atoms with E-state index in [2.05, 4.69) is 5.32 Å². The Hall–Kier alpha value is -1.09. The van der Waals surface area contributed by atoms with E-state index in [0.717, 1.165) is 31.4 Å². The third-order valence-electron chi connectivity index (χ3n) is 3.63. The van der Waals surface area contributed by atoms with Crippen molar-refractivity contribution in [2.75, 3.05) is 12.4 Å². The molecule has 1 saturated carbocycles. The first-order valence-corrected chi connectivity index (χ1v) is 6.25. The van der Waals surface area contributed by atoms with Gasteiger partial charge in [-0.05, 0) is 44.7 Å². The molecule has 0 bridgehead atoms. The summed E-state index contributed by atoms with van der Waals surface area (Å²) < 4.78 is 18.7. The largest absolute Gasteiger partial charge is 0.382 e. The van der Waals surface area contributed by atoms with Crippen LogP contribution in [0.15, 0.2) is 18.2 Å². The van der Waals surface area contributed by atoms with Crippen molar-refractivity contribution in [2.24, 2.45) is 0 Å². The van der Waals surface area contributed by atoms with Crippen LogP contribution in [0.4, 0.5) is 10.1 Å². The summed E-state index contributed by atoms with van der Waals surface area (Å²) >= 11 is 0. The molecule has 1 fully saturated rings. The zero-order chi connectivity index (χ0) is 12.3. The predicted molar refractivity (Wildman–Crippen MR) is 67.8 cm³/mol. The minimum Gasteiger partial charge on any atom is -0.382 e. The minimum atomic E-state index is -0.138. The number of methoxy groups -OCH3 is 1. The first-order valence-electron chi connectivity index (χ1n) is 6.25. The highest BCUT2D eigenvalue weighted by Crippen LogP contribution is 2.25. The van der Waals surface area contributed by atoms with Crippen LogP contribution in [0.2, 0.25) is 0 Å². The van der Waals surface area contributed by atoms with Crippen LogP contribution >= 0.6 is 0 Å². The van der Waals surface area contributed by atoms with Crippen molar-refractivity contribution in [1.82, 2.24) is 0 Å². The molecule has 0 spiro atoms. The van der Waals surface area contributed by atoms with Gasteiger partial charge >= 0.3 is 0 Å². The molecule has 0 unspecified atom stereocenters. The van der Waals surface area contributed by atoms with Gasteiger partial charge in [-0.2, -0.15) is 0 Å². The third-order valence-corrected chi connectivity index (χ3v) is 3.63. The maximum Gasteiger partial charge on any atom is 0.128 e. The van der Waals surface area contributed by atoms with E-state index in [4.69, 9.17) is 4.74 Å². The second-order valence-corrected chi connectivity index (χ2v) is 4.77. The summed E-state index contributed by atoms with van der Waals surface area (Å²) in [5.41, 5.74) is 1.63. The smallest absolute Gasteiger partial charge is 0.128 e. The molecule has 1 aromatic carbocycles. The van der Waals surface area contributed by atoms with E-state index in [9.17, 15) is 4.39 Å². The van der Waals surface area contributed by atoms with Crippen molar-refractivity contribution in [3.05, 3.63) is 29.6 Å². The lowest BCUT2D eigenvalue weighted by molar-refractivity contribution is 0.0682. The molecule has 3 heteroatoms. The standard InChI is InChI=1S/C14H20FNO/c1-10-13(15)4-3-5-14(10)16-11-6-8-12(17-2)9-7-11/h3-5,11-12,16H,6-9H2,1-2H3. The van der Waals surface area contributed by atoms with E-state index in [-0.39, 0.29) is 5.82 Å². The lowest BCUT2D eigenvalue weighted by atomic mass is 9.92. The number of hydrogen-bond acceptors (Lipinski definition) is 2. The molecular formula is C14H20FNO. The number of halogens is 1. The Labute approximate surface area is 102 Å². The number of ether oxygens (including phenoxy) is 1. The average Bonchev–Trinajstić information content (AvgIpc) is 2.36. The van der Waals surface area contributed by atoms with E-state index < -0.39 is 0 Å². The SMILES string of the molecule is COC1CCC(Nc2cccc(F)c2C)CC1. The van der Waals surface area contributed by atoms with E-state index in [1.165, 1.54) is 6.07 Å². The fourth-order valence-corrected chi connectivity index (χ4v) is 2.43. The molecule has 0 aliphatic heterocycles. The highest BCUT2D eigenvalue weighted by Gasteiger charge is 2.21. The summed E-state index contributed by atoms with van der Waals surface area (Å²) in [4.78, 5) is 0. The van der Waals surface area contributed by atoms with Gasteiger partial charge in [0.2, 0.25) is 0 Å². The Bertz CT molecular complexity index is 372. The maximum absolute atomic E-state index is 13.4. The van der Waals surface area contributed by atoms with Gasteiger partial charge in [0, 0.05) is 24.4 Å². The van der Waals surface area contributed by atoms with Crippen LogP contribution < -0.4 is 5.32 Å². The Morgan fingerprint density at radius 1 is 1.24 bits per heavy atom. The van der Waals surface area contributed by atoms with E-state index in [1.807, 2.05) is 13.0 Å². The molecule has 1 aliphatic rings. The Balaban J connectivity index is 1.95. The van der Waals surface area contributed by atoms with Gasteiger partial charge in [-0.1, -0.05) is 6.07 Å². The van der Waals surface area contributed by atoms with Crippen molar-refractivity contribution in [3.8, 4) is 0 Å². The Kier molecular flexibility index (Phi) is 4.00. The molecule has 1 N–H and O–H groups in total. The van der Waals surface area contributed by atoms with Crippen LogP contribution in [0.1, 0.15) is 31.2 Å². The van der Waals surface area contributed by atoms with Crippen molar-refractivity contribution in [2.45, 2.75) is 44.8 Å². The number of anilines is 1. The van der Waals surface area contributed by atoms with Gasteiger partial charge in [0.25, 0.3) is 0 Å². The second kappa shape index (κ2) is 5.50. The quantitative estimate of drug-likeness (QED) is 0.868. The molecule has 0 heterocycles. The highest BCUT2D eigenvalue weighted by atomic mass is 19.1. The highest BCUT2D eigenvalue weighted by molar-refractivity contribution is 5.51. The monoisotopic (exact) mass is 237 g/mol. The number of rotatable bonds is 3. The van der Waals surface area contributed by atoms with Crippen molar-refractivity contribution >= 4 is 5.69 Å². The predicted octanol–water partition coefficient (Wildman–Crippen LogP) is 3.50. The van der Waals surface area contributed by atoms with E-state index in [0.29, 0.717) is 17.7 Å². The van der Waals surface area contributed by atoms with Crippen LogP contribution in [0.25, 0.3) is 0 Å². The topological polar surface area (TPSA) is 21.3 Å². The van der Waals surface area contributed by atoms with Gasteiger partial charge in [-0.3, -0.25) is 0 Å². The number of nitrogens with one attached hydrogen (secondary N) is 1. The second-order valence-electron chi connectivity index (χ2n) is 4.77. The van der Waals surface area contributed by atoms with E-state index >= 15 is 0 Å². The zero-order valence-electron chi connectivity index (χ0n) is 10.5. The summed E-state index contributed by atoms with van der Waals surface area (Å²) in [6, 6.07) is 5.65. The zero-order valence-corrected chi connectivity index (χ0v) is 10.5. The average molecular weight is 237 g/mol. The molecule has 1 aliphatic carbocycles. The van der Waals surface area contributed by atoms with Crippen LogP contribution in [0, 0.1) is 12.7 Å². The molecule has 0 saturated heterocycles. The normalized spacial score (nSPS) is 24.6. The van der Waals surface area contributed by atoms with Gasteiger partial charge in [0.15, 0.2) is 0 Å². The first-order chi connectivity index (χ1) is 8.20. The summed E-state index contributed by atoms with van der Waals surface area (Å²) in [5, 5.41) is 3.44. The summed E-state index contributed by atoms with van der Waals surface area (Å²) in [5.74, 6) is -0.138. The fraction of sp³-hybridized carbons (Fsp3) is 0.571. The molecule has 0 aromatic heterocycles. The van der Waals surface area contributed by atoms with Crippen LogP contribution in [0.5, 0.6) is 0 Å². The maximum atomic E-state index is 13.4. The first kappa shape index (κ1) is 12.4. The molecule has 0 amide bonds. The number of hydrogen-bond donors (Lipinski definition) is 1. The lowest BCUT2D eigenvalue weighted by Gasteiger charge is -2.29. The van der Waals surface area contributed by atoms with Gasteiger partial charge in [0.05, 0.1) is 6.10 Å². The molecular weight excluding hydrogens is 217 g/mol. The molecule has 1 aromatic rings. The fourth-order valence-electron chi connectivity index (χ4n) is 2.43. The molecule has 94 valence electrons.